The molecule has 2 amide bonds. The van der Waals surface area contributed by atoms with E-state index in [1.807, 2.05) is 45.9 Å². The summed E-state index contributed by atoms with van der Waals surface area (Å²) >= 11 is 0. The lowest BCUT2D eigenvalue weighted by Gasteiger charge is -2.20. The summed E-state index contributed by atoms with van der Waals surface area (Å²) in [5.41, 5.74) is 2.75. The van der Waals surface area contributed by atoms with Crippen LogP contribution in [0, 0.1) is 19.8 Å². The Bertz CT molecular complexity index is 498. The maximum atomic E-state index is 12.0. The van der Waals surface area contributed by atoms with Crippen LogP contribution < -0.4 is 10.6 Å². The van der Waals surface area contributed by atoms with Crippen LogP contribution in [0.25, 0.3) is 0 Å². The molecule has 0 spiro atoms. The average Bonchev–Trinajstić information content (AvgIpc) is 2.39. The van der Waals surface area contributed by atoms with E-state index >= 15 is 0 Å². The fourth-order valence-electron chi connectivity index (χ4n) is 1.79. The van der Waals surface area contributed by atoms with Gasteiger partial charge in [-0.3, -0.25) is 0 Å². The highest BCUT2D eigenvalue weighted by Crippen LogP contribution is 2.16. The first kappa shape index (κ1) is 16.0. The molecule has 1 unspecified atom stereocenters. The molecule has 0 fully saturated rings. The third kappa shape index (κ3) is 4.26. The molecular formula is C15H22N2O3. The quantitative estimate of drug-likeness (QED) is 0.832. The number of carbonyl (C=O) groups is 2. The number of esters is 1. The largest absolute Gasteiger partial charge is 0.467 e. The minimum absolute atomic E-state index is 0.0493. The predicted octanol–water partition coefficient (Wildman–Crippen LogP) is 2.62. The van der Waals surface area contributed by atoms with Crippen LogP contribution in [0.2, 0.25) is 0 Å². The fraction of sp³-hybridized carbons (Fsp3) is 0.467. The number of rotatable bonds is 4. The first-order valence-electron chi connectivity index (χ1n) is 6.57. The Hall–Kier alpha value is -2.04. The summed E-state index contributed by atoms with van der Waals surface area (Å²) in [6, 6.07) is 4.72. The summed E-state index contributed by atoms with van der Waals surface area (Å²) in [5, 5.41) is 5.40. The Morgan fingerprint density at radius 2 is 1.85 bits per heavy atom. The molecular weight excluding hydrogens is 256 g/mol. The van der Waals surface area contributed by atoms with Crippen LogP contribution in [-0.4, -0.2) is 25.2 Å². The van der Waals surface area contributed by atoms with Crippen molar-refractivity contribution in [3.05, 3.63) is 29.3 Å². The predicted molar refractivity (Wildman–Crippen MR) is 78.7 cm³/mol. The molecule has 0 saturated carbocycles. The summed E-state index contributed by atoms with van der Waals surface area (Å²) in [6.07, 6.45) is 0. The van der Waals surface area contributed by atoms with Gasteiger partial charge in [-0.2, -0.15) is 0 Å². The zero-order valence-electron chi connectivity index (χ0n) is 12.6. The van der Waals surface area contributed by atoms with Crippen LogP contribution in [0.15, 0.2) is 18.2 Å². The van der Waals surface area contributed by atoms with Crippen molar-refractivity contribution in [3.63, 3.8) is 0 Å². The Balaban J connectivity index is 2.75. The van der Waals surface area contributed by atoms with E-state index < -0.39 is 18.0 Å². The Labute approximate surface area is 119 Å². The van der Waals surface area contributed by atoms with Crippen LogP contribution >= 0.6 is 0 Å². The molecule has 1 aromatic carbocycles. The smallest absolute Gasteiger partial charge is 0.328 e. The van der Waals surface area contributed by atoms with Crippen molar-refractivity contribution in [2.45, 2.75) is 33.7 Å². The molecule has 0 aliphatic carbocycles. The van der Waals surface area contributed by atoms with Gasteiger partial charge in [0.25, 0.3) is 0 Å². The number of methoxy groups -OCH3 is 1. The molecule has 1 aromatic rings. The molecule has 0 heterocycles. The molecule has 1 rings (SSSR count). The van der Waals surface area contributed by atoms with Crippen molar-refractivity contribution < 1.29 is 14.3 Å². The lowest BCUT2D eigenvalue weighted by Crippen LogP contribution is -2.46. The Morgan fingerprint density at radius 1 is 1.20 bits per heavy atom. The number of nitrogens with one attached hydrogen (secondary N) is 2. The summed E-state index contributed by atoms with van der Waals surface area (Å²) in [7, 11) is 1.31. The van der Waals surface area contributed by atoms with Gasteiger partial charge in [0.1, 0.15) is 6.04 Å². The van der Waals surface area contributed by atoms with Gasteiger partial charge in [0.05, 0.1) is 7.11 Å². The third-order valence-electron chi connectivity index (χ3n) is 3.05. The van der Waals surface area contributed by atoms with E-state index in [4.69, 9.17) is 0 Å². The maximum Gasteiger partial charge on any atom is 0.328 e. The lowest BCUT2D eigenvalue weighted by molar-refractivity contribution is -0.143. The summed E-state index contributed by atoms with van der Waals surface area (Å²) < 4.78 is 4.69. The minimum Gasteiger partial charge on any atom is -0.467 e. The monoisotopic (exact) mass is 278 g/mol. The molecule has 110 valence electrons. The van der Waals surface area contributed by atoms with Gasteiger partial charge in [-0.05, 0) is 37.0 Å². The first-order valence-corrected chi connectivity index (χ1v) is 6.57. The van der Waals surface area contributed by atoms with Crippen LogP contribution in [0.1, 0.15) is 25.0 Å². The van der Waals surface area contributed by atoms with Crippen molar-refractivity contribution in [1.29, 1.82) is 0 Å². The zero-order chi connectivity index (χ0) is 15.3. The number of amides is 2. The van der Waals surface area contributed by atoms with E-state index in [9.17, 15) is 9.59 Å². The standard InChI is InChI=1S/C15H22N2O3/c1-9(2)13(14(18)20-5)17-15(19)16-12-8-10(3)6-7-11(12)4/h6-9,13H,1-5H3,(H2,16,17,19). The average molecular weight is 278 g/mol. The second-order valence-corrected chi connectivity index (χ2v) is 5.16. The Kier molecular flexibility index (Phi) is 5.55. The molecule has 20 heavy (non-hydrogen) atoms. The number of urea groups is 1. The van der Waals surface area contributed by atoms with Crippen molar-refractivity contribution in [2.75, 3.05) is 12.4 Å². The van der Waals surface area contributed by atoms with Crippen LogP contribution in [0.4, 0.5) is 10.5 Å². The minimum atomic E-state index is -0.662. The van der Waals surface area contributed by atoms with Crippen molar-refractivity contribution in [2.24, 2.45) is 5.92 Å². The van der Waals surface area contributed by atoms with E-state index in [1.165, 1.54) is 7.11 Å². The molecule has 0 saturated heterocycles. The molecule has 1 atom stereocenters. The number of ether oxygens (including phenoxy) is 1. The van der Waals surface area contributed by atoms with E-state index in [0.717, 1.165) is 16.8 Å². The highest BCUT2D eigenvalue weighted by atomic mass is 16.5. The summed E-state index contributed by atoms with van der Waals surface area (Å²) in [5.74, 6) is -0.497. The van der Waals surface area contributed by atoms with Gasteiger partial charge in [-0.15, -0.1) is 0 Å². The Morgan fingerprint density at radius 3 is 2.40 bits per heavy atom. The number of aryl methyl sites for hydroxylation is 2. The molecule has 0 aromatic heterocycles. The van der Waals surface area contributed by atoms with Crippen LogP contribution in [-0.2, 0) is 9.53 Å². The second-order valence-electron chi connectivity index (χ2n) is 5.16. The normalized spacial score (nSPS) is 11.9. The number of hydrogen-bond donors (Lipinski definition) is 2. The molecule has 5 nitrogen and oxygen atoms in total. The SMILES string of the molecule is COC(=O)C(NC(=O)Nc1cc(C)ccc1C)C(C)C. The highest BCUT2D eigenvalue weighted by molar-refractivity contribution is 5.93. The molecule has 0 bridgehead atoms. The number of anilines is 1. The van der Waals surface area contributed by atoms with Gasteiger partial charge in [-0.25, -0.2) is 9.59 Å². The van der Waals surface area contributed by atoms with Gasteiger partial charge in [0, 0.05) is 5.69 Å². The van der Waals surface area contributed by atoms with Crippen LogP contribution in [0.5, 0.6) is 0 Å². The third-order valence-corrected chi connectivity index (χ3v) is 3.05. The van der Waals surface area contributed by atoms with Gasteiger partial charge in [-0.1, -0.05) is 26.0 Å². The van der Waals surface area contributed by atoms with Gasteiger partial charge in [0.2, 0.25) is 0 Å². The van der Waals surface area contributed by atoms with Gasteiger partial charge < -0.3 is 15.4 Å². The molecule has 0 aliphatic heterocycles. The number of hydrogen-bond acceptors (Lipinski definition) is 3. The number of benzene rings is 1. The first-order chi connectivity index (χ1) is 9.35. The molecule has 5 heteroatoms. The molecule has 0 aliphatic rings. The second kappa shape index (κ2) is 6.93. The van der Waals surface area contributed by atoms with E-state index in [-0.39, 0.29) is 5.92 Å². The molecule has 0 radical (unpaired) electrons. The fourth-order valence-corrected chi connectivity index (χ4v) is 1.79. The van der Waals surface area contributed by atoms with Crippen LogP contribution in [0.3, 0.4) is 0 Å². The van der Waals surface area contributed by atoms with Crippen molar-refractivity contribution in [1.82, 2.24) is 5.32 Å². The zero-order valence-corrected chi connectivity index (χ0v) is 12.6. The highest BCUT2D eigenvalue weighted by Gasteiger charge is 2.24. The number of carbonyl (C=O) groups excluding carboxylic acids is 2. The topological polar surface area (TPSA) is 67.4 Å². The van der Waals surface area contributed by atoms with Gasteiger partial charge in [0.15, 0.2) is 0 Å². The summed E-state index contributed by atoms with van der Waals surface area (Å²) in [6.45, 7) is 7.56. The van der Waals surface area contributed by atoms with Crippen molar-refractivity contribution in [3.8, 4) is 0 Å². The lowest BCUT2D eigenvalue weighted by atomic mass is 10.1. The van der Waals surface area contributed by atoms with E-state index in [0.29, 0.717) is 0 Å². The maximum absolute atomic E-state index is 12.0. The summed E-state index contributed by atoms with van der Waals surface area (Å²) in [4.78, 5) is 23.6. The molecule has 2 N–H and O–H groups in total. The van der Waals surface area contributed by atoms with Gasteiger partial charge >= 0.3 is 12.0 Å². The van der Waals surface area contributed by atoms with E-state index in [1.54, 1.807) is 0 Å². The van der Waals surface area contributed by atoms with Crippen molar-refractivity contribution >= 4 is 17.7 Å². The van der Waals surface area contributed by atoms with E-state index in [2.05, 4.69) is 15.4 Å².